The van der Waals surface area contributed by atoms with Crippen LogP contribution in [0.5, 0.6) is 0 Å². The number of esters is 1. The van der Waals surface area contributed by atoms with Crippen molar-refractivity contribution >= 4 is 5.97 Å². The third-order valence-electron chi connectivity index (χ3n) is 4.33. The van der Waals surface area contributed by atoms with Crippen molar-refractivity contribution in [1.29, 1.82) is 0 Å². The molecule has 1 unspecified atom stereocenters. The van der Waals surface area contributed by atoms with E-state index in [9.17, 15) is 18.0 Å². The number of benzene rings is 1. The Morgan fingerprint density at radius 1 is 1.30 bits per heavy atom. The Kier molecular flexibility index (Phi) is 5.50. The third kappa shape index (κ3) is 4.15. The van der Waals surface area contributed by atoms with E-state index in [1.54, 1.807) is 0 Å². The number of allylic oxidation sites excluding steroid dienone is 2. The van der Waals surface area contributed by atoms with Crippen LogP contribution in [0.15, 0.2) is 41.7 Å². The van der Waals surface area contributed by atoms with Crippen LogP contribution >= 0.6 is 0 Å². The number of carbonyl (C=O) groups excluding carboxylic acids is 1. The lowest BCUT2D eigenvalue weighted by molar-refractivity contribution is -0.195. The lowest BCUT2D eigenvalue weighted by Crippen LogP contribution is -2.27. The van der Waals surface area contributed by atoms with Gasteiger partial charge < -0.3 is 4.74 Å². The zero-order valence-corrected chi connectivity index (χ0v) is 13.3. The molecule has 1 aromatic rings. The van der Waals surface area contributed by atoms with Crippen LogP contribution in [-0.4, -0.2) is 12.1 Å². The lowest BCUT2D eigenvalue weighted by atomic mass is 9.76. The summed E-state index contributed by atoms with van der Waals surface area (Å²) < 4.78 is 42.4. The first-order valence-electron chi connectivity index (χ1n) is 7.91. The van der Waals surface area contributed by atoms with Crippen LogP contribution < -0.4 is 0 Å². The first kappa shape index (κ1) is 17.6. The quantitative estimate of drug-likeness (QED) is 0.696. The number of rotatable bonds is 4. The predicted molar refractivity (Wildman–Crippen MR) is 81.7 cm³/mol. The minimum atomic E-state index is -4.97. The molecule has 1 aromatic carbocycles. The molecule has 0 N–H and O–H groups in total. The Labute approximate surface area is 134 Å². The second kappa shape index (κ2) is 7.20. The van der Waals surface area contributed by atoms with Gasteiger partial charge in [-0.1, -0.05) is 44.2 Å². The molecule has 0 amide bonds. The second-order valence-corrected chi connectivity index (χ2v) is 5.93. The summed E-state index contributed by atoms with van der Waals surface area (Å²) in [7, 11) is 0. The molecular weight excluding hydrogens is 305 g/mol. The van der Waals surface area contributed by atoms with Crippen molar-refractivity contribution in [2.45, 2.75) is 51.6 Å². The molecule has 0 aliphatic heterocycles. The van der Waals surface area contributed by atoms with Crippen molar-refractivity contribution in [2.24, 2.45) is 5.92 Å². The fourth-order valence-electron chi connectivity index (χ4n) is 3.28. The normalized spacial score (nSPS) is 20.3. The molecule has 0 fully saturated rings. The molecule has 0 heterocycles. The maximum absolute atomic E-state index is 12.5. The Bertz CT molecular complexity index is 576. The molecule has 0 spiro atoms. The zero-order chi connectivity index (χ0) is 17.0. The topological polar surface area (TPSA) is 26.3 Å². The fraction of sp³-hybridized carbons (Fsp3) is 0.500. The first-order valence-corrected chi connectivity index (χ1v) is 7.91. The van der Waals surface area contributed by atoms with Crippen LogP contribution in [0.3, 0.4) is 0 Å². The van der Waals surface area contributed by atoms with Gasteiger partial charge in [0.2, 0.25) is 0 Å². The molecular formula is C18H21F3O2. The Balaban J connectivity index is 2.40. The number of hydrogen-bond acceptors (Lipinski definition) is 2. The second-order valence-electron chi connectivity index (χ2n) is 5.93. The maximum Gasteiger partial charge on any atom is 0.491 e. The van der Waals surface area contributed by atoms with E-state index >= 15 is 0 Å². The van der Waals surface area contributed by atoms with Gasteiger partial charge in [-0.2, -0.15) is 13.2 Å². The average molecular weight is 326 g/mol. The Morgan fingerprint density at radius 3 is 2.52 bits per heavy atom. The van der Waals surface area contributed by atoms with Crippen LogP contribution in [0, 0.1) is 5.92 Å². The summed E-state index contributed by atoms with van der Waals surface area (Å²) in [4.78, 5) is 11.3. The van der Waals surface area contributed by atoms with Gasteiger partial charge in [-0.25, -0.2) is 4.79 Å². The average Bonchev–Trinajstić information content (AvgIpc) is 2.50. The standard InChI is InChI=1S/C18H21F3O2/c1-3-14(13-9-5-4-6-10-13)16-12(2)8-7-11-15(16)23-17(22)18(19,20)21/h4-6,9-10,12,14H,3,7-8,11H2,1-2H3/t12-,14?/m0/s1. The van der Waals surface area contributed by atoms with Gasteiger partial charge in [0.05, 0.1) is 0 Å². The Morgan fingerprint density at radius 2 is 1.96 bits per heavy atom. The molecule has 0 aromatic heterocycles. The van der Waals surface area contributed by atoms with E-state index in [0.29, 0.717) is 6.42 Å². The van der Waals surface area contributed by atoms with Crippen LogP contribution in [0.1, 0.15) is 51.0 Å². The molecule has 5 heteroatoms. The molecule has 0 radical (unpaired) electrons. The van der Waals surface area contributed by atoms with E-state index < -0.39 is 12.1 Å². The van der Waals surface area contributed by atoms with Crippen LogP contribution in [0.25, 0.3) is 0 Å². The van der Waals surface area contributed by atoms with E-state index in [2.05, 4.69) is 0 Å². The van der Waals surface area contributed by atoms with Gasteiger partial charge in [-0.3, -0.25) is 0 Å². The zero-order valence-electron chi connectivity index (χ0n) is 13.3. The van der Waals surface area contributed by atoms with Crippen molar-refractivity contribution in [3.63, 3.8) is 0 Å². The molecule has 0 bridgehead atoms. The van der Waals surface area contributed by atoms with Crippen molar-refractivity contribution in [3.05, 3.63) is 47.2 Å². The van der Waals surface area contributed by atoms with Crippen molar-refractivity contribution < 1.29 is 22.7 Å². The highest BCUT2D eigenvalue weighted by atomic mass is 19.4. The molecule has 2 nitrogen and oxygen atoms in total. The largest absolute Gasteiger partial charge is 0.491 e. The summed E-state index contributed by atoms with van der Waals surface area (Å²) in [5.74, 6) is -1.84. The highest BCUT2D eigenvalue weighted by molar-refractivity contribution is 5.76. The van der Waals surface area contributed by atoms with Gasteiger partial charge in [-0.15, -0.1) is 0 Å². The molecule has 126 valence electrons. The van der Waals surface area contributed by atoms with Crippen LogP contribution in [-0.2, 0) is 9.53 Å². The Hall–Kier alpha value is -1.78. The van der Waals surface area contributed by atoms with Crippen LogP contribution in [0.4, 0.5) is 13.2 Å². The molecule has 0 saturated carbocycles. The molecule has 23 heavy (non-hydrogen) atoms. The van der Waals surface area contributed by atoms with E-state index in [1.165, 1.54) is 0 Å². The van der Waals surface area contributed by atoms with E-state index in [4.69, 9.17) is 4.74 Å². The van der Waals surface area contributed by atoms with E-state index in [0.717, 1.165) is 30.4 Å². The minimum absolute atomic E-state index is 0.0254. The smallest absolute Gasteiger partial charge is 0.424 e. The predicted octanol–water partition coefficient (Wildman–Crippen LogP) is 5.36. The minimum Gasteiger partial charge on any atom is -0.424 e. The summed E-state index contributed by atoms with van der Waals surface area (Å²) in [5, 5.41) is 0. The van der Waals surface area contributed by atoms with Gasteiger partial charge in [0.1, 0.15) is 5.76 Å². The van der Waals surface area contributed by atoms with E-state index in [-0.39, 0.29) is 17.6 Å². The number of carbonyl (C=O) groups is 1. The maximum atomic E-state index is 12.5. The lowest BCUT2D eigenvalue weighted by Gasteiger charge is -2.31. The molecule has 0 saturated heterocycles. The summed E-state index contributed by atoms with van der Waals surface area (Å²) in [5.41, 5.74) is 1.88. The molecule has 1 aliphatic rings. The molecule has 1 aliphatic carbocycles. The van der Waals surface area contributed by atoms with Crippen LogP contribution in [0.2, 0.25) is 0 Å². The number of hydrogen-bond donors (Lipinski definition) is 0. The highest BCUT2D eigenvalue weighted by Gasteiger charge is 2.42. The van der Waals surface area contributed by atoms with Crippen molar-refractivity contribution in [2.75, 3.05) is 0 Å². The number of halogens is 3. The third-order valence-corrected chi connectivity index (χ3v) is 4.33. The first-order chi connectivity index (χ1) is 10.8. The van der Waals surface area contributed by atoms with Gasteiger partial charge in [0.25, 0.3) is 0 Å². The monoisotopic (exact) mass is 326 g/mol. The summed E-state index contributed by atoms with van der Waals surface area (Å²) in [6.45, 7) is 3.98. The number of alkyl halides is 3. The van der Waals surface area contributed by atoms with Crippen molar-refractivity contribution in [3.8, 4) is 0 Å². The summed E-state index contributed by atoms with van der Waals surface area (Å²) >= 11 is 0. The van der Waals surface area contributed by atoms with Gasteiger partial charge in [0, 0.05) is 12.3 Å². The SMILES string of the molecule is CCC(C1=C(OC(=O)C(F)(F)F)CCC[C@@H]1C)c1ccccc1. The fourth-order valence-corrected chi connectivity index (χ4v) is 3.28. The van der Waals surface area contributed by atoms with Gasteiger partial charge >= 0.3 is 12.1 Å². The van der Waals surface area contributed by atoms with Crippen molar-refractivity contribution in [1.82, 2.24) is 0 Å². The van der Waals surface area contributed by atoms with Gasteiger partial charge in [-0.05, 0) is 36.3 Å². The molecule has 2 atom stereocenters. The summed E-state index contributed by atoms with van der Waals surface area (Å²) in [6, 6.07) is 9.65. The van der Waals surface area contributed by atoms with E-state index in [1.807, 2.05) is 44.2 Å². The number of ether oxygens (including phenoxy) is 1. The summed E-state index contributed by atoms with van der Waals surface area (Å²) in [6.07, 6.45) is -2.21. The van der Waals surface area contributed by atoms with Gasteiger partial charge in [0.15, 0.2) is 0 Å². The molecule has 2 rings (SSSR count). The highest BCUT2D eigenvalue weighted by Crippen LogP contribution is 2.41.